The molecule has 0 atom stereocenters. The van der Waals surface area contributed by atoms with Gasteiger partial charge in [-0.2, -0.15) is 5.26 Å². The van der Waals surface area contributed by atoms with Crippen LogP contribution in [0.1, 0.15) is 23.9 Å². The minimum Gasteiger partial charge on any atom is -0.493 e. The van der Waals surface area contributed by atoms with Gasteiger partial charge < -0.3 is 19.2 Å². The number of ether oxygens (including phenoxy) is 3. The number of nitriles is 1. The molecule has 0 unspecified atom stereocenters. The topological polar surface area (TPSA) is 114 Å². The minimum absolute atomic E-state index is 0.173. The third kappa shape index (κ3) is 5.08. The SMILES string of the molecule is CCOC(=O)COc1ccc(C=C(C#N)c2nc3cc(C)ccc3c(=O)[nH]2)cc1OC. The summed E-state index contributed by atoms with van der Waals surface area (Å²) in [4.78, 5) is 31.0. The molecule has 0 amide bonds. The molecule has 8 heteroatoms. The van der Waals surface area contributed by atoms with Crippen LogP contribution in [0.2, 0.25) is 0 Å². The van der Waals surface area contributed by atoms with E-state index in [0.29, 0.717) is 28.0 Å². The van der Waals surface area contributed by atoms with Crippen molar-refractivity contribution in [3.63, 3.8) is 0 Å². The van der Waals surface area contributed by atoms with Gasteiger partial charge in [0.25, 0.3) is 5.56 Å². The maximum atomic E-state index is 12.4. The maximum absolute atomic E-state index is 12.4. The second-order valence-electron chi connectivity index (χ2n) is 6.61. The summed E-state index contributed by atoms with van der Waals surface area (Å²) in [6, 6.07) is 12.4. The molecule has 31 heavy (non-hydrogen) atoms. The zero-order valence-electron chi connectivity index (χ0n) is 17.4. The zero-order valence-corrected chi connectivity index (χ0v) is 17.4. The molecule has 0 aliphatic carbocycles. The van der Waals surface area contributed by atoms with E-state index in [2.05, 4.69) is 16.0 Å². The molecule has 8 nitrogen and oxygen atoms in total. The van der Waals surface area contributed by atoms with Crippen molar-refractivity contribution in [2.45, 2.75) is 13.8 Å². The lowest BCUT2D eigenvalue weighted by Crippen LogP contribution is -2.14. The second-order valence-corrected chi connectivity index (χ2v) is 6.61. The first kappa shape index (κ1) is 21.6. The molecular formula is C23H21N3O5. The molecule has 3 rings (SSSR count). The van der Waals surface area contributed by atoms with Crippen molar-refractivity contribution in [2.24, 2.45) is 0 Å². The lowest BCUT2D eigenvalue weighted by atomic mass is 10.1. The highest BCUT2D eigenvalue weighted by Crippen LogP contribution is 2.29. The zero-order chi connectivity index (χ0) is 22.4. The van der Waals surface area contributed by atoms with Crippen LogP contribution in [0.15, 0.2) is 41.2 Å². The lowest BCUT2D eigenvalue weighted by Gasteiger charge is -2.11. The molecule has 2 aromatic carbocycles. The highest BCUT2D eigenvalue weighted by atomic mass is 16.6. The molecule has 1 heterocycles. The fraction of sp³-hybridized carbons (Fsp3) is 0.217. The number of benzene rings is 2. The Bertz CT molecular complexity index is 1250. The molecule has 0 fully saturated rings. The van der Waals surface area contributed by atoms with Crippen LogP contribution in [0.3, 0.4) is 0 Å². The van der Waals surface area contributed by atoms with E-state index in [0.717, 1.165) is 5.56 Å². The highest BCUT2D eigenvalue weighted by molar-refractivity contribution is 5.89. The van der Waals surface area contributed by atoms with Crippen molar-refractivity contribution in [1.29, 1.82) is 5.26 Å². The van der Waals surface area contributed by atoms with Gasteiger partial charge in [-0.1, -0.05) is 12.1 Å². The van der Waals surface area contributed by atoms with Crippen LogP contribution in [0.4, 0.5) is 0 Å². The van der Waals surface area contributed by atoms with Crippen LogP contribution < -0.4 is 15.0 Å². The van der Waals surface area contributed by atoms with E-state index in [4.69, 9.17) is 14.2 Å². The fourth-order valence-electron chi connectivity index (χ4n) is 2.93. The number of methoxy groups -OCH3 is 1. The Hall–Kier alpha value is -4.12. The third-order valence-electron chi connectivity index (χ3n) is 4.39. The van der Waals surface area contributed by atoms with Gasteiger partial charge in [0.05, 0.1) is 30.2 Å². The largest absolute Gasteiger partial charge is 0.493 e. The van der Waals surface area contributed by atoms with Gasteiger partial charge in [-0.05, 0) is 55.3 Å². The molecular weight excluding hydrogens is 398 g/mol. The van der Waals surface area contributed by atoms with E-state index < -0.39 is 5.97 Å². The number of carbonyl (C=O) groups is 1. The lowest BCUT2D eigenvalue weighted by molar-refractivity contribution is -0.145. The number of aryl methyl sites for hydroxylation is 1. The predicted octanol–water partition coefficient (Wildman–Crippen LogP) is 3.25. The Labute approximate surface area is 178 Å². The number of esters is 1. The van der Waals surface area contributed by atoms with Gasteiger partial charge >= 0.3 is 5.97 Å². The molecule has 0 spiro atoms. The highest BCUT2D eigenvalue weighted by Gasteiger charge is 2.12. The number of nitrogens with zero attached hydrogens (tertiary/aromatic N) is 2. The van der Waals surface area contributed by atoms with Gasteiger partial charge in [-0.25, -0.2) is 9.78 Å². The van der Waals surface area contributed by atoms with E-state index in [1.807, 2.05) is 13.0 Å². The number of carbonyl (C=O) groups excluding carboxylic acids is 1. The van der Waals surface area contributed by atoms with Crippen molar-refractivity contribution < 1.29 is 19.0 Å². The molecule has 0 saturated carbocycles. The second kappa shape index (κ2) is 9.59. The Kier molecular flexibility index (Phi) is 6.67. The Morgan fingerprint density at radius 3 is 2.74 bits per heavy atom. The first-order chi connectivity index (χ1) is 14.9. The van der Waals surface area contributed by atoms with Crippen molar-refractivity contribution in [3.8, 4) is 17.6 Å². The van der Waals surface area contributed by atoms with Gasteiger partial charge in [-0.3, -0.25) is 4.79 Å². The number of nitrogens with one attached hydrogen (secondary N) is 1. The molecule has 1 N–H and O–H groups in total. The molecule has 0 aliphatic heterocycles. The third-order valence-corrected chi connectivity index (χ3v) is 4.39. The van der Waals surface area contributed by atoms with Crippen LogP contribution in [-0.4, -0.2) is 36.3 Å². The summed E-state index contributed by atoms with van der Waals surface area (Å²) in [5.74, 6) is 0.430. The summed E-state index contributed by atoms with van der Waals surface area (Å²) in [6.07, 6.45) is 1.58. The van der Waals surface area contributed by atoms with Gasteiger partial charge in [0.15, 0.2) is 23.9 Å². The van der Waals surface area contributed by atoms with E-state index in [9.17, 15) is 14.9 Å². The van der Waals surface area contributed by atoms with E-state index in [-0.39, 0.29) is 30.2 Å². The number of allylic oxidation sites excluding steroid dienone is 1. The van der Waals surface area contributed by atoms with Gasteiger partial charge in [0, 0.05) is 0 Å². The maximum Gasteiger partial charge on any atom is 0.344 e. The van der Waals surface area contributed by atoms with Gasteiger partial charge in [-0.15, -0.1) is 0 Å². The first-order valence-electron chi connectivity index (χ1n) is 9.54. The van der Waals surface area contributed by atoms with E-state index >= 15 is 0 Å². The quantitative estimate of drug-likeness (QED) is 0.462. The summed E-state index contributed by atoms with van der Waals surface area (Å²) in [5.41, 5.74) is 1.97. The Balaban J connectivity index is 1.94. The summed E-state index contributed by atoms with van der Waals surface area (Å²) in [5, 5.41) is 10.1. The van der Waals surface area contributed by atoms with Crippen molar-refractivity contribution in [2.75, 3.05) is 20.3 Å². The van der Waals surface area contributed by atoms with Crippen LogP contribution >= 0.6 is 0 Å². The number of hydrogen-bond acceptors (Lipinski definition) is 7. The van der Waals surface area contributed by atoms with Crippen LogP contribution in [0.25, 0.3) is 22.6 Å². The number of fused-ring (bicyclic) bond motifs is 1. The normalized spacial score (nSPS) is 11.1. The van der Waals surface area contributed by atoms with Gasteiger partial charge in [0.1, 0.15) is 6.07 Å². The van der Waals surface area contributed by atoms with Crippen LogP contribution in [0.5, 0.6) is 11.5 Å². The molecule has 0 radical (unpaired) electrons. The number of hydrogen-bond donors (Lipinski definition) is 1. The summed E-state index contributed by atoms with van der Waals surface area (Å²) >= 11 is 0. The number of aromatic amines is 1. The van der Waals surface area contributed by atoms with E-state index in [1.54, 1.807) is 43.3 Å². The number of rotatable bonds is 7. The van der Waals surface area contributed by atoms with Crippen molar-refractivity contribution in [3.05, 3.63) is 63.7 Å². The Morgan fingerprint density at radius 2 is 2.03 bits per heavy atom. The summed E-state index contributed by atoms with van der Waals surface area (Å²) in [7, 11) is 1.47. The smallest absolute Gasteiger partial charge is 0.344 e. The summed E-state index contributed by atoms with van der Waals surface area (Å²) < 4.78 is 15.6. The average Bonchev–Trinajstić information content (AvgIpc) is 2.76. The molecule has 0 aliphatic rings. The van der Waals surface area contributed by atoms with Crippen LogP contribution in [0, 0.1) is 18.3 Å². The first-order valence-corrected chi connectivity index (χ1v) is 9.54. The Morgan fingerprint density at radius 1 is 1.23 bits per heavy atom. The molecule has 0 saturated heterocycles. The minimum atomic E-state index is -0.484. The standard InChI is InChI=1S/C23H21N3O5/c1-4-30-21(27)13-31-19-8-6-15(11-20(19)29-3)10-16(12-24)22-25-18-9-14(2)5-7-17(18)23(28)26-22/h5-11H,4,13H2,1-3H3,(H,25,26,28). The fourth-order valence-corrected chi connectivity index (χ4v) is 2.93. The monoisotopic (exact) mass is 419 g/mol. The summed E-state index contributed by atoms with van der Waals surface area (Å²) in [6.45, 7) is 3.64. The average molecular weight is 419 g/mol. The molecule has 158 valence electrons. The predicted molar refractivity (Wildman–Crippen MR) is 116 cm³/mol. The van der Waals surface area contributed by atoms with Gasteiger partial charge in [0.2, 0.25) is 0 Å². The van der Waals surface area contributed by atoms with Crippen molar-refractivity contribution in [1.82, 2.24) is 9.97 Å². The molecule has 1 aromatic heterocycles. The van der Waals surface area contributed by atoms with E-state index in [1.165, 1.54) is 7.11 Å². The van der Waals surface area contributed by atoms with Crippen LogP contribution in [-0.2, 0) is 9.53 Å². The van der Waals surface area contributed by atoms with Crippen molar-refractivity contribution >= 4 is 28.5 Å². The molecule has 0 bridgehead atoms. The number of H-pyrrole nitrogens is 1. The number of aromatic nitrogens is 2. The molecule has 3 aromatic rings.